The van der Waals surface area contributed by atoms with E-state index in [2.05, 4.69) is 14.2 Å². The number of aromatic nitrogens is 2. The summed E-state index contributed by atoms with van der Waals surface area (Å²) in [6, 6.07) is 0.125. The van der Waals surface area contributed by atoms with E-state index in [0.717, 1.165) is 31.6 Å². The van der Waals surface area contributed by atoms with Crippen LogP contribution in [0.5, 0.6) is 0 Å². The molecule has 2 heterocycles. The molecule has 0 radical (unpaired) electrons. The van der Waals surface area contributed by atoms with E-state index in [-0.39, 0.29) is 6.04 Å². The van der Waals surface area contributed by atoms with Crippen molar-refractivity contribution >= 4 is 11.7 Å². The minimum atomic E-state index is 0.125. The molecular weight excluding hydrogens is 224 g/mol. The highest BCUT2D eigenvalue weighted by Crippen LogP contribution is 2.21. The Kier molecular flexibility index (Phi) is 4.65. The van der Waals surface area contributed by atoms with Gasteiger partial charge in [-0.15, -0.1) is 0 Å². The van der Waals surface area contributed by atoms with E-state index in [1.54, 1.807) is 6.20 Å². The highest BCUT2D eigenvalue weighted by molar-refractivity contribution is 6.99. The molecule has 3 N–H and O–H groups in total. The van der Waals surface area contributed by atoms with E-state index in [4.69, 9.17) is 10.6 Å². The molecule has 0 amide bonds. The zero-order chi connectivity index (χ0) is 11.2. The number of nitrogens with two attached hydrogens (primary N) is 1. The molecule has 2 rings (SSSR count). The van der Waals surface area contributed by atoms with Gasteiger partial charge in [0, 0.05) is 6.61 Å². The van der Waals surface area contributed by atoms with E-state index >= 15 is 0 Å². The molecule has 6 heteroatoms. The van der Waals surface area contributed by atoms with Crippen molar-refractivity contribution in [3.63, 3.8) is 0 Å². The number of nitrogens with one attached hydrogen (secondary N) is 1. The molecule has 0 aliphatic carbocycles. The zero-order valence-corrected chi connectivity index (χ0v) is 10.1. The Morgan fingerprint density at radius 2 is 2.62 bits per heavy atom. The standard InChI is InChI=1S/C10H18N4OS/c11-13-9(10-7-12-16-14-10)5-1-3-8-4-2-6-15-8/h7-9,13H,1-6,11H2. The summed E-state index contributed by atoms with van der Waals surface area (Å²) in [6.07, 6.45) is 7.88. The van der Waals surface area contributed by atoms with Crippen molar-refractivity contribution < 1.29 is 4.74 Å². The second-order valence-corrected chi connectivity index (χ2v) is 4.67. The van der Waals surface area contributed by atoms with E-state index in [1.165, 1.54) is 24.6 Å². The number of hydrazine groups is 1. The lowest BCUT2D eigenvalue weighted by atomic mass is 10.0. The number of ether oxygens (including phenoxy) is 1. The van der Waals surface area contributed by atoms with Gasteiger partial charge in [0.05, 0.1) is 35.8 Å². The molecule has 2 unspecified atom stereocenters. The van der Waals surface area contributed by atoms with Gasteiger partial charge in [0.25, 0.3) is 0 Å². The Labute approximate surface area is 99.7 Å². The second kappa shape index (κ2) is 6.24. The highest BCUT2D eigenvalue weighted by Gasteiger charge is 2.17. The maximum atomic E-state index is 5.58. The van der Waals surface area contributed by atoms with E-state index in [1.807, 2.05) is 0 Å². The molecule has 1 aliphatic rings. The van der Waals surface area contributed by atoms with Gasteiger partial charge >= 0.3 is 0 Å². The van der Waals surface area contributed by atoms with Crippen molar-refractivity contribution in [1.29, 1.82) is 0 Å². The molecule has 0 spiro atoms. The van der Waals surface area contributed by atoms with E-state index in [0.29, 0.717) is 6.10 Å². The van der Waals surface area contributed by atoms with Crippen molar-refractivity contribution in [3.8, 4) is 0 Å². The second-order valence-electron chi connectivity index (χ2n) is 4.12. The first-order valence-electron chi connectivity index (χ1n) is 5.75. The summed E-state index contributed by atoms with van der Waals surface area (Å²) in [4.78, 5) is 0. The molecule has 0 saturated carbocycles. The third kappa shape index (κ3) is 3.21. The third-order valence-electron chi connectivity index (χ3n) is 2.98. The van der Waals surface area contributed by atoms with Crippen LogP contribution < -0.4 is 11.3 Å². The van der Waals surface area contributed by atoms with Crippen molar-refractivity contribution in [2.45, 2.75) is 44.2 Å². The van der Waals surface area contributed by atoms with Gasteiger partial charge in [0.1, 0.15) is 0 Å². The quantitative estimate of drug-likeness (QED) is 0.582. The Morgan fingerprint density at radius 1 is 1.69 bits per heavy atom. The lowest BCUT2D eigenvalue weighted by molar-refractivity contribution is 0.101. The molecule has 0 aromatic carbocycles. The molecule has 1 saturated heterocycles. The summed E-state index contributed by atoms with van der Waals surface area (Å²) < 4.78 is 13.8. The van der Waals surface area contributed by atoms with Crippen LogP contribution in [-0.4, -0.2) is 21.5 Å². The van der Waals surface area contributed by atoms with Crippen LogP contribution in [-0.2, 0) is 4.74 Å². The molecule has 1 aromatic heterocycles. The molecule has 1 fully saturated rings. The predicted octanol–water partition coefficient (Wildman–Crippen LogP) is 1.39. The lowest BCUT2D eigenvalue weighted by Crippen LogP contribution is -2.28. The van der Waals surface area contributed by atoms with Crippen LogP contribution in [0.25, 0.3) is 0 Å². The van der Waals surface area contributed by atoms with Gasteiger partial charge in [-0.25, -0.2) is 0 Å². The van der Waals surface area contributed by atoms with Gasteiger partial charge in [-0.3, -0.25) is 11.3 Å². The van der Waals surface area contributed by atoms with Crippen LogP contribution in [0.15, 0.2) is 6.20 Å². The smallest absolute Gasteiger partial charge is 0.0925 e. The molecule has 16 heavy (non-hydrogen) atoms. The van der Waals surface area contributed by atoms with Gasteiger partial charge < -0.3 is 4.74 Å². The van der Waals surface area contributed by atoms with Crippen molar-refractivity contribution in [2.24, 2.45) is 5.84 Å². The monoisotopic (exact) mass is 242 g/mol. The van der Waals surface area contributed by atoms with Crippen LogP contribution in [0.3, 0.4) is 0 Å². The van der Waals surface area contributed by atoms with Gasteiger partial charge in [0.15, 0.2) is 0 Å². The summed E-state index contributed by atoms with van der Waals surface area (Å²) in [5, 5.41) is 0. The number of rotatable bonds is 6. The first kappa shape index (κ1) is 11.9. The van der Waals surface area contributed by atoms with Crippen LogP contribution in [0.2, 0.25) is 0 Å². The van der Waals surface area contributed by atoms with Crippen LogP contribution in [0.1, 0.15) is 43.8 Å². The van der Waals surface area contributed by atoms with Crippen LogP contribution in [0, 0.1) is 0 Å². The van der Waals surface area contributed by atoms with E-state index in [9.17, 15) is 0 Å². The molecule has 2 atom stereocenters. The first-order chi connectivity index (χ1) is 7.90. The van der Waals surface area contributed by atoms with Crippen LogP contribution >= 0.6 is 11.7 Å². The molecular formula is C10H18N4OS. The summed E-state index contributed by atoms with van der Waals surface area (Å²) >= 11 is 1.22. The average molecular weight is 242 g/mol. The Balaban J connectivity index is 1.71. The minimum absolute atomic E-state index is 0.125. The molecule has 1 aliphatic heterocycles. The fourth-order valence-corrected chi connectivity index (χ4v) is 2.53. The Bertz CT molecular complexity index is 287. The highest BCUT2D eigenvalue weighted by atomic mass is 32.1. The summed E-state index contributed by atoms with van der Waals surface area (Å²) in [7, 11) is 0. The maximum absolute atomic E-state index is 5.58. The van der Waals surface area contributed by atoms with Gasteiger partial charge in [0.2, 0.25) is 0 Å². The average Bonchev–Trinajstić information content (AvgIpc) is 2.96. The Hall–Kier alpha value is -0.560. The van der Waals surface area contributed by atoms with E-state index < -0.39 is 0 Å². The number of hydrogen-bond donors (Lipinski definition) is 2. The first-order valence-corrected chi connectivity index (χ1v) is 6.48. The maximum Gasteiger partial charge on any atom is 0.0925 e. The lowest BCUT2D eigenvalue weighted by Gasteiger charge is -2.14. The topological polar surface area (TPSA) is 73.1 Å². The fourth-order valence-electron chi connectivity index (χ4n) is 2.06. The van der Waals surface area contributed by atoms with Crippen molar-refractivity contribution in [3.05, 3.63) is 11.9 Å². The van der Waals surface area contributed by atoms with Crippen molar-refractivity contribution in [1.82, 2.24) is 14.2 Å². The van der Waals surface area contributed by atoms with Crippen molar-refractivity contribution in [2.75, 3.05) is 6.61 Å². The van der Waals surface area contributed by atoms with Gasteiger partial charge in [-0.2, -0.15) is 8.75 Å². The number of hydrogen-bond acceptors (Lipinski definition) is 6. The zero-order valence-electron chi connectivity index (χ0n) is 9.26. The SMILES string of the molecule is NNC(CCCC1CCCO1)c1cnsn1. The largest absolute Gasteiger partial charge is 0.378 e. The Morgan fingerprint density at radius 3 is 3.25 bits per heavy atom. The molecule has 5 nitrogen and oxygen atoms in total. The molecule has 90 valence electrons. The molecule has 1 aromatic rings. The normalized spacial score (nSPS) is 22.4. The third-order valence-corrected chi connectivity index (χ3v) is 3.47. The number of nitrogens with zero attached hydrogens (tertiary/aromatic N) is 2. The summed E-state index contributed by atoms with van der Waals surface area (Å²) in [5.74, 6) is 5.51. The summed E-state index contributed by atoms with van der Waals surface area (Å²) in [5.41, 5.74) is 3.74. The fraction of sp³-hybridized carbons (Fsp3) is 0.800. The minimum Gasteiger partial charge on any atom is -0.378 e. The van der Waals surface area contributed by atoms with Gasteiger partial charge in [-0.1, -0.05) is 0 Å². The van der Waals surface area contributed by atoms with Crippen LogP contribution in [0.4, 0.5) is 0 Å². The predicted molar refractivity (Wildman–Crippen MR) is 62.8 cm³/mol. The summed E-state index contributed by atoms with van der Waals surface area (Å²) in [6.45, 7) is 0.930. The molecule has 0 bridgehead atoms. The van der Waals surface area contributed by atoms with Gasteiger partial charge in [-0.05, 0) is 32.1 Å².